The Hall–Kier alpha value is -1.26. The van der Waals surface area contributed by atoms with Crippen molar-refractivity contribution < 1.29 is 19.1 Å². The lowest BCUT2D eigenvalue weighted by Crippen LogP contribution is -2.27. The maximum atomic E-state index is 10.0. The molecule has 5 nitrogen and oxygen atoms in total. The van der Waals surface area contributed by atoms with Gasteiger partial charge in [-0.3, -0.25) is 4.79 Å². The summed E-state index contributed by atoms with van der Waals surface area (Å²) in [7, 11) is 0. The predicted molar refractivity (Wildman–Crippen MR) is 46.0 cm³/mol. The molecule has 2 N–H and O–H groups in total. The van der Waals surface area contributed by atoms with E-state index in [2.05, 4.69) is 9.47 Å². The standard InChI is InChI=1S/C5H11NO2.C3H4O2/c1-5(2,3)8-4(6)7;4-3-1-2-5-3/h1-3H3,(H2,6,7);1-2H2. The van der Waals surface area contributed by atoms with Crippen molar-refractivity contribution >= 4 is 12.1 Å². The van der Waals surface area contributed by atoms with Crippen LogP contribution in [-0.2, 0) is 14.3 Å². The third-order valence-corrected chi connectivity index (χ3v) is 0.976. The largest absolute Gasteiger partial charge is 0.465 e. The zero-order chi connectivity index (χ0) is 10.5. The monoisotopic (exact) mass is 189 g/mol. The molecule has 0 saturated carbocycles. The van der Waals surface area contributed by atoms with E-state index in [0.717, 1.165) is 0 Å². The van der Waals surface area contributed by atoms with Crippen molar-refractivity contribution in [2.45, 2.75) is 32.8 Å². The Morgan fingerprint density at radius 1 is 1.54 bits per heavy atom. The highest BCUT2D eigenvalue weighted by molar-refractivity contribution is 5.73. The number of esters is 1. The molecule has 1 amide bonds. The van der Waals surface area contributed by atoms with E-state index in [1.54, 1.807) is 20.8 Å². The van der Waals surface area contributed by atoms with Gasteiger partial charge in [0.15, 0.2) is 0 Å². The van der Waals surface area contributed by atoms with Gasteiger partial charge in [0.2, 0.25) is 0 Å². The van der Waals surface area contributed by atoms with Gasteiger partial charge in [0.1, 0.15) is 12.2 Å². The number of hydrogen-bond acceptors (Lipinski definition) is 4. The molecule has 1 aliphatic rings. The second-order valence-electron chi connectivity index (χ2n) is 3.50. The Morgan fingerprint density at radius 3 is 1.92 bits per heavy atom. The molecule has 0 atom stereocenters. The number of hydrogen-bond donors (Lipinski definition) is 1. The Balaban J connectivity index is 0.000000243. The van der Waals surface area contributed by atoms with E-state index < -0.39 is 11.7 Å². The molecule has 0 bridgehead atoms. The van der Waals surface area contributed by atoms with Gasteiger partial charge in [-0.2, -0.15) is 0 Å². The van der Waals surface area contributed by atoms with Crippen LogP contribution in [-0.4, -0.2) is 24.3 Å². The van der Waals surface area contributed by atoms with Gasteiger partial charge in [0.25, 0.3) is 0 Å². The van der Waals surface area contributed by atoms with Gasteiger partial charge >= 0.3 is 12.1 Å². The van der Waals surface area contributed by atoms with Crippen molar-refractivity contribution in [1.29, 1.82) is 0 Å². The second-order valence-corrected chi connectivity index (χ2v) is 3.50. The smallest absolute Gasteiger partial charge is 0.405 e. The lowest BCUT2D eigenvalue weighted by Gasteiger charge is -2.16. The summed E-state index contributed by atoms with van der Waals surface area (Å²) in [5.41, 5.74) is 4.26. The van der Waals surface area contributed by atoms with E-state index in [9.17, 15) is 9.59 Å². The van der Waals surface area contributed by atoms with Crippen molar-refractivity contribution in [3.8, 4) is 0 Å². The highest BCUT2D eigenvalue weighted by atomic mass is 16.6. The van der Waals surface area contributed by atoms with Crippen molar-refractivity contribution in [2.75, 3.05) is 6.61 Å². The molecule has 0 spiro atoms. The summed E-state index contributed by atoms with van der Waals surface area (Å²) in [6.07, 6.45) is -0.0995. The Kier molecular flexibility index (Phi) is 4.23. The number of cyclic esters (lactones) is 1. The molecule has 5 heteroatoms. The van der Waals surface area contributed by atoms with Crippen LogP contribution < -0.4 is 5.73 Å². The minimum absolute atomic E-state index is 0.0648. The van der Waals surface area contributed by atoms with E-state index in [-0.39, 0.29) is 5.97 Å². The van der Waals surface area contributed by atoms with Gasteiger partial charge in [0, 0.05) is 0 Å². The molecular formula is C8H15NO4. The Bertz CT molecular complexity index is 189. The molecule has 1 rings (SSSR count). The summed E-state index contributed by atoms with van der Waals surface area (Å²) in [5.74, 6) is -0.0648. The van der Waals surface area contributed by atoms with Crippen LogP contribution in [0.2, 0.25) is 0 Å². The first-order valence-electron chi connectivity index (χ1n) is 3.95. The van der Waals surface area contributed by atoms with Crippen LogP contribution in [0.1, 0.15) is 27.2 Å². The molecule has 0 aromatic heterocycles. The van der Waals surface area contributed by atoms with Gasteiger partial charge in [-0.05, 0) is 20.8 Å². The molecule has 1 aliphatic heterocycles. The van der Waals surface area contributed by atoms with E-state index in [0.29, 0.717) is 13.0 Å². The molecule has 0 unspecified atom stereocenters. The number of rotatable bonds is 0. The van der Waals surface area contributed by atoms with E-state index in [1.165, 1.54) is 0 Å². The lowest BCUT2D eigenvalue weighted by molar-refractivity contribution is -0.157. The Morgan fingerprint density at radius 2 is 1.92 bits per heavy atom. The Labute approximate surface area is 77.2 Å². The minimum atomic E-state index is -0.725. The summed E-state index contributed by atoms with van der Waals surface area (Å²) in [6, 6.07) is 0. The zero-order valence-electron chi connectivity index (χ0n) is 8.12. The fraction of sp³-hybridized carbons (Fsp3) is 0.750. The van der Waals surface area contributed by atoms with E-state index in [1.807, 2.05) is 0 Å². The van der Waals surface area contributed by atoms with Crippen LogP contribution in [0.5, 0.6) is 0 Å². The molecule has 0 aromatic carbocycles. The first-order valence-corrected chi connectivity index (χ1v) is 3.95. The summed E-state index contributed by atoms with van der Waals surface area (Å²) in [6.45, 7) is 5.92. The van der Waals surface area contributed by atoms with Crippen molar-refractivity contribution in [1.82, 2.24) is 0 Å². The van der Waals surface area contributed by atoms with Gasteiger partial charge in [0.05, 0.1) is 6.42 Å². The second kappa shape index (κ2) is 4.69. The number of nitrogens with two attached hydrogens (primary N) is 1. The minimum Gasteiger partial charge on any atom is -0.465 e. The van der Waals surface area contributed by atoms with E-state index in [4.69, 9.17) is 5.73 Å². The normalized spacial score (nSPS) is 14.5. The summed E-state index contributed by atoms with van der Waals surface area (Å²) < 4.78 is 8.87. The van der Waals surface area contributed by atoms with Crippen LogP contribution >= 0.6 is 0 Å². The predicted octanol–water partition coefficient (Wildman–Crippen LogP) is 0.814. The van der Waals surface area contributed by atoms with Crippen molar-refractivity contribution in [2.24, 2.45) is 5.73 Å². The van der Waals surface area contributed by atoms with Crippen LogP contribution in [0.25, 0.3) is 0 Å². The molecule has 1 heterocycles. The molecule has 0 aliphatic carbocycles. The maximum Gasteiger partial charge on any atom is 0.405 e. The SMILES string of the molecule is CC(C)(C)OC(N)=O.O=C1CCO1. The van der Waals surface area contributed by atoms with Gasteiger partial charge in [-0.25, -0.2) is 4.79 Å². The van der Waals surface area contributed by atoms with Gasteiger partial charge in [-0.15, -0.1) is 0 Å². The van der Waals surface area contributed by atoms with Crippen LogP contribution in [0.3, 0.4) is 0 Å². The number of carbonyl (C=O) groups is 2. The first kappa shape index (κ1) is 11.7. The van der Waals surface area contributed by atoms with Crippen LogP contribution in [0.4, 0.5) is 4.79 Å². The average molecular weight is 189 g/mol. The molecule has 13 heavy (non-hydrogen) atoms. The summed E-state index contributed by atoms with van der Waals surface area (Å²) >= 11 is 0. The fourth-order valence-electron chi connectivity index (χ4n) is 0.487. The third-order valence-electron chi connectivity index (χ3n) is 0.976. The number of carbonyl (C=O) groups excluding carboxylic acids is 2. The average Bonchev–Trinajstić information content (AvgIpc) is 1.78. The number of primary amides is 1. The highest BCUT2D eigenvalue weighted by Crippen LogP contribution is 2.04. The zero-order valence-corrected chi connectivity index (χ0v) is 8.12. The van der Waals surface area contributed by atoms with Crippen molar-refractivity contribution in [3.05, 3.63) is 0 Å². The van der Waals surface area contributed by atoms with Gasteiger partial charge in [-0.1, -0.05) is 0 Å². The maximum absolute atomic E-state index is 10.0. The summed E-state index contributed by atoms with van der Waals surface area (Å²) in [5, 5.41) is 0. The molecule has 0 aromatic rings. The molecule has 0 radical (unpaired) electrons. The molecule has 76 valence electrons. The first-order chi connectivity index (χ1) is 5.81. The quantitative estimate of drug-likeness (QED) is 0.572. The van der Waals surface area contributed by atoms with Gasteiger partial charge < -0.3 is 15.2 Å². The number of ether oxygens (including phenoxy) is 2. The van der Waals surface area contributed by atoms with Crippen LogP contribution in [0, 0.1) is 0 Å². The van der Waals surface area contributed by atoms with Crippen molar-refractivity contribution in [3.63, 3.8) is 0 Å². The molecule has 1 fully saturated rings. The lowest BCUT2D eigenvalue weighted by atomic mass is 10.2. The van der Waals surface area contributed by atoms with Crippen LogP contribution in [0.15, 0.2) is 0 Å². The fourth-order valence-corrected chi connectivity index (χ4v) is 0.487. The molecular weight excluding hydrogens is 174 g/mol. The van der Waals surface area contributed by atoms with E-state index >= 15 is 0 Å². The number of amides is 1. The summed E-state index contributed by atoms with van der Waals surface area (Å²) in [4.78, 5) is 19.7. The third kappa shape index (κ3) is 8.65. The molecule has 1 saturated heterocycles. The highest BCUT2D eigenvalue weighted by Gasteiger charge is 2.12. The topological polar surface area (TPSA) is 78.6 Å².